The fourth-order valence-corrected chi connectivity index (χ4v) is 1.78. The molecule has 1 aromatic heterocycles. The van der Waals surface area contributed by atoms with Crippen LogP contribution >= 0.6 is 0 Å². The fraction of sp³-hybridized carbons (Fsp3) is 0.143. The summed E-state index contributed by atoms with van der Waals surface area (Å²) in [6.45, 7) is 1.87. The van der Waals surface area contributed by atoms with Crippen molar-refractivity contribution in [2.75, 3.05) is 5.73 Å². The molecule has 0 unspecified atom stereocenters. The van der Waals surface area contributed by atoms with Gasteiger partial charge >= 0.3 is 5.97 Å². The first kappa shape index (κ1) is 12.9. The van der Waals surface area contributed by atoms with E-state index in [0.29, 0.717) is 5.69 Å². The average Bonchev–Trinajstić information content (AvgIpc) is 2.36. The van der Waals surface area contributed by atoms with Crippen molar-refractivity contribution in [3.05, 3.63) is 53.2 Å². The average molecular weight is 258 g/mol. The van der Waals surface area contributed by atoms with Gasteiger partial charge in [0.05, 0.1) is 5.69 Å². The van der Waals surface area contributed by atoms with Gasteiger partial charge in [-0.15, -0.1) is 0 Å². The predicted octanol–water partition coefficient (Wildman–Crippen LogP) is 2.25. The Morgan fingerprint density at radius 2 is 2.05 bits per heavy atom. The molecule has 0 saturated heterocycles. The first-order valence-corrected chi connectivity index (χ1v) is 5.75. The van der Waals surface area contributed by atoms with E-state index in [1.165, 1.54) is 6.07 Å². The second kappa shape index (κ2) is 5.39. The summed E-state index contributed by atoms with van der Waals surface area (Å²) in [7, 11) is 0. The van der Waals surface area contributed by atoms with Crippen LogP contribution in [-0.2, 0) is 6.61 Å². The quantitative estimate of drug-likeness (QED) is 0.878. The summed E-state index contributed by atoms with van der Waals surface area (Å²) < 4.78 is 5.55. The molecule has 0 bridgehead atoms. The number of carbonyl (C=O) groups is 1. The van der Waals surface area contributed by atoms with E-state index in [1.807, 2.05) is 30.3 Å². The lowest BCUT2D eigenvalue weighted by atomic mass is 10.2. The highest BCUT2D eigenvalue weighted by Gasteiger charge is 2.17. The van der Waals surface area contributed by atoms with E-state index >= 15 is 0 Å². The second-order valence-electron chi connectivity index (χ2n) is 4.09. The molecule has 1 aromatic carbocycles. The zero-order chi connectivity index (χ0) is 13.8. The van der Waals surface area contributed by atoms with Crippen molar-refractivity contribution in [3.8, 4) is 5.75 Å². The lowest BCUT2D eigenvalue weighted by Gasteiger charge is -2.11. The molecule has 2 aromatic rings. The Labute approximate surface area is 110 Å². The molecule has 0 aliphatic carbocycles. The third-order valence-electron chi connectivity index (χ3n) is 2.64. The summed E-state index contributed by atoms with van der Waals surface area (Å²) >= 11 is 0. The lowest BCUT2D eigenvalue weighted by molar-refractivity contribution is 0.0690. The molecule has 0 radical (unpaired) electrons. The Balaban J connectivity index is 2.27. The highest BCUT2D eigenvalue weighted by molar-refractivity contribution is 5.92. The number of hydrogen-bond acceptors (Lipinski definition) is 4. The van der Waals surface area contributed by atoms with Crippen molar-refractivity contribution in [2.45, 2.75) is 13.5 Å². The number of hydrogen-bond donors (Lipinski definition) is 2. The van der Waals surface area contributed by atoms with Crippen LogP contribution in [0.5, 0.6) is 5.75 Å². The van der Waals surface area contributed by atoms with Crippen molar-refractivity contribution >= 4 is 11.8 Å². The lowest BCUT2D eigenvalue weighted by Crippen LogP contribution is -2.08. The van der Waals surface area contributed by atoms with E-state index in [-0.39, 0.29) is 23.7 Å². The van der Waals surface area contributed by atoms with Crippen molar-refractivity contribution in [3.63, 3.8) is 0 Å². The number of anilines is 1. The van der Waals surface area contributed by atoms with Crippen molar-refractivity contribution < 1.29 is 14.6 Å². The Hall–Kier alpha value is -2.56. The number of aromatic nitrogens is 1. The van der Waals surface area contributed by atoms with Gasteiger partial charge in [-0.05, 0) is 12.5 Å². The molecule has 0 spiro atoms. The molecule has 5 heteroatoms. The number of carboxylic acid groups (broad SMARTS) is 1. The second-order valence-corrected chi connectivity index (χ2v) is 4.09. The minimum Gasteiger partial charge on any atom is -0.488 e. The zero-order valence-corrected chi connectivity index (χ0v) is 10.5. The molecule has 0 saturated carbocycles. The summed E-state index contributed by atoms with van der Waals surface area (Å²) in [5.74, 6) is -0.597. The van der Waals surface area contributed by atoms with E-state index in [9.17, 15) is 9.90 Å². The maximum Gasteiger partial charge on any atom is 0.341 e. The number of ether oxygens (including phenoxy) is 1. The van der Waals surface area contributed by atoms with Crippen molar-refractivity contribution in [2.24, 2.45) is 0 Å². The normalized spacial score (nSPS) is 10.2. The number of rotatable bonds is 4. The number of aromatic carboxylic acids is 1. The minimum absolute atomic E-state index is 0.0464. The number of aryl methyl sites for hydroxylation is 1. The van der Waals surface area contributed by atoms with Gasteiger partial charge in [0.15, 0.2) is 0 Å². The zero-order valence-electron chi connectivity index (χ0n) is 10.5. The summed E-state index contributed by atoms with van der Waals surface area (Å²) in [5.41, 5.74) is 6.95. The SMILES string of the molecule is Cc1nc(N)cc(OCc2ccccc2)c1C(=O)O. The molecule has 0 fully saturated rings. The fourth-order valence-electron chi connectivity index (χ4n) is 1.78. The maximum absolute atomic E-state index is 11.2. The van der Waals surface area contributed by atoms with Gasteiger partial charge in [-0.1, -0.05) is 30.3 Å². The molecule has 2 rings (SSSR count). The first-order valence-electron chi connectivity index (χ1n) is 5.75. The summed E-state index contributed by atoms with van der Waals surface area (Å²) in [6.07, 6.45) is 0. The maximum atomic E-state index is 11.2. The molecular weight excluding hydrogens is 244 g/mol. The minimum atomic E-state index is -1.08. The molecule has 19 heavy (non-hydrogen) atoms. The Bertz CT molecular complexity index is 597. The number of carboxylic acids is 1. The number of pyridine rings is 1. The van der Waals surface area contributed by atoms with Crippen molar-refractivity contribution in [1.29, 1.82) is 0 Å². The largest absolute Gasteiger partial charge is 0.488 e. The van der Waals surface area contributed by atoms with Crippen LogP contribution in [0.15, 0.2) is 36.4 Å². The van der Waals surface area contributed by atoms with Gasteiger partial charge in [0, 0.05) is 6.07 Å². The smallest absolute Gasteiger partial charge is 0.341 e. The van der Waals surface area contributed by atoms with Gasteiger partial charge in [0.1, 0.15) is 23.7 Å². The van der Waals surface area contributed by atoms with Gasteiger partial charge in [-0.25, -0.2) is 9.78 Å². The van der Waals surface area contributed by atoms with Crippen LogP contribution in [0.3, 0.4) is 0 Å². The summed E-state index contributed by atoms with van der Waals surface area (Å²) in [6, 6.07) is 10.9. The molecule has 0 aliphatic rings. The highest BCUT2D eigenvalue weighted by atomic mass is 16.5. The number of nitrogens with zero attached hydrogens (tertiary/aromatic N) is 1. The van der Waals surface area contributed by atoms with E-state index in [4.69, 9.17) is 10.5 Å². The van der Waals surface area contributed by atoms with Crippen molar-refractivity contribution in [1.82, 2.24) is 4.98 Å². The van der Waals surface area contributed by atoms with Gasteiger partial charge in [0.2, 0.25) is 0 Å². The van der Waals surface area contributed by atoms with Crippen LogP contribution in [0.4, 0.5) is 5.82 Å². The highest BCUT2D eigenvalue weighted by Crippen LogP contribution is 2.24. The summed E-state index contributed by atoms with van der Waals surface area (Å²) in [5, 5.41) is 9.17. The number of nitrogens with two attached hydrogens (primary N) is 1. The van der Waals surface area contributed by atoms with Crippen LogP contribution in [0.2, 0.25) is 0 Å². The molecule has 5 nitrogen and oxygen atoms in total. The monoisotopic (exact) mass is 258 g/mol. The Morgan fingerprint density at radius 1 is 1.37 bits per heavy atom. The molecular formula is C14H14N2O3. The molecule has 0 atom stereocenters. The summed E-state index contributed by atoms with van der Waals surface area (Å²) in [4.78, 5) is 15.1. The van der Waals surface area contributed by atoms with Gasteiger partial charge in [0.25, 0.3) is 0 Å². The third kappa shape index (κ3) is 3.01. The molecule has 0 amide bonds. The standard InChI is InChI=1S/C14H14N2O3/c1-9-13(14(17)18)11(7-12(15)16-9)19-8-10-5-3-2-4-6-10/h2-7H,8H2,1H3,(H2,15,16)(H,17,18). The molecule has 1 heterocycles. The number of nitrogen functional groups attached to an aromatic ring is 1. The van der Waals surface area contributed by atoms with Crippen LogP contribution in [0, 0.1) is 6.92 Å². The first-order chi connectivity index (χ1) is 9.08. The van der Waals surface area contributed by atoms with Crippen LogP contribution in [0.25, 0.3) is 0 Å². The van der Waals surface area contributed by atoms with Gasteiger partial charge in [-0.3, -0.25) is 0 Å². The molecule has 0 aliphatic heterocycles. The molecule has 98 valence electrons. The van der Waals surface area contributed by atoms with E-state index < -0.39 is 5.97 Å². The van der Waals surface area contributed by atoms with Crippen LogP contribution in [-0.4, -0.2) is 16.1 Å². The van der Waals surface area contributed by atoms with Crippen LogP contribution in [0.1, 0.15) is 21.6 Å². The van der Waals surface area contributed by atoms with E-state index in [1.54, 1.807) is 6.92 Å². The van der Waals surface area contributed by atoms with E-state index in [0.717, 1.165) is 5.56 Å². The van der Waals surface area contributed by atoms with Gasteiger partial charge in [-0.2, -0.15) is 0 Å². The molecule has 3 N–H and O–H groups in total. The Morgan fingerprint density at radius 3 is 2.68 bits per heavy atom. The van der Waals surface area contributed by atoms with Gasteiger partial charge < -0.3 is 15.6 Å². The number of benzene rings is 1. The topological polar surface area (TPSA) is 85.4 Å². The Kier molecular flexibility index (Phi) is 3.66. The van der Waals surface area contributed by atoms with E-state index in [2.05, 4.69) is 4.98 Å². The van der Waals surface area contributed by atoms with Crippen LogP contribution < -0.4 is 10.5 Å². The third-order valence-corrected chi connectivity index (χ3v) is 2.64. The predicted molar refractivity (Wildman–Crippen MR) is 71.1 cm³/mol.